The number of pyridine rings is 1. The first-order valence-electron chi connectivity index (χ1n) is 5.96. The Kier molecular flexibility index (Phi) is 4.81. The molecule has 0 saturated carbocycles. The molecule has 1 aromatic heterocycles. The fourth-order valence-electron chi connectivity index (χ4n) is 1.77. The number of benzene rings is 1. The van der Waals surface area contributed by atoms with Crippen LogP contribution in [0.25, 0.3) is 11.3 Å². The number of rotatable bonds is 2. The van der Waals surface area contributed by atoms with Crippen LogP contribution in [-0.4, -0.2) is 18.1 Å². The normalized spacial score (nSPS) is 11.4. The summed E-state index contributed by atoms with van der Waals surface area (Å²) in [5.74, 6) is -1.97. The predicted molar refractivity (Wildman–Crippen MR) is 76.0 cm³/mol. The molecule has 2 aromatic rings. The van der Waals surface area contributed by atoms with Crippen LogP contribution in [0.5, 0.6) is 0 Å². The van der Waals surface area contributed by atoms with Crippen molar-refractivity contribution in [2.45, 2.75) is 6.18 Å². The van der Waals surface area contributed by atoms with E-state index in [1.54, 1.807) is 0 Å². The second-order valence-electron chi connectivity index (χ2n) is 4.34. The van der Waals surface area contributed by atoms with Crippen molar-refractivity contribution in [1.82, 2.24) is 4.98 Å². The first kappa shape index (κ1) is 17.5. The Bertz CT molecular complexity index is 778. The van der Waals surface area contributed by atoms with Crippen molar-refractivity contribution in [1.29, 1.82) is 0 Å². The lowest BCUT2D eigenvalue weighted by Gasteiger charge is -2.11. The van der Waals surface area contributed by atoms with Crippen LogP contribution in [0.2, 0.25) is 10.0 Å². The van der Waals surface area contributed by atoms with Gasteiger partial charge >= 0.3 is 12.1 Å². The molecule has 0 saturated heterocycles. The number of hydrogen-bond donors (Lipinski definition) is 0. The number of hydrogen-bond acceptors (Lipinski definition) is 3. The maximum Gasteiger partial charge on any atom is 0.416 e. The molecule has 0 aliphatic carbocycles. The van der Waals surface area contributed by atoms with Gasteiger partial charge in [0.15, 0.2) is 5.69 Å². The van der Waals surface area contributed by atoms with E-state index in [2.05, 4.69) is 9.72 Å². The van der Waals surface area contributed by atoms with Crippen LogP contribution in [-0.2, 0) is 10.9 Å². The van der Waals surface area contributed by atoms with E-state index >= 15 is 0 Å². The van der Waals surface area contributed by atoms with Crippen molar-refractivity contribution in [3.8, 4) is 11.3 Å². The SMILES string of the molecule is COC(=O)c1nc(-c2ccc(C(F)(F)F)cc2Cl)cc(F)c1Cl. The third-order valence-electron chi connectivity index (χ3n) is 2.86. The Morgan fingerprint density at radius 2 is 1.87 bits per heavy atom. The van der Waals surface area contributed by atoms with Crippen LogP contribution >= 0.6 is 23.2 Å². The number of carbonyl (C=O) groups is 1. The highest BCUT2D eigenvalue weighted by Gasteiger charge is 2.31. The standard InChI is InChI=1S/C14H7Cl2F4NO2/c1-23-13(22)12-11(16)9(17)5-10(21-12)7-3-2-6(4-8(7)15)14(18,19)20/h2-5H,1H3. The van der Waals surface area contributed by atoms with Crippen molar-refractivity contribution in [2.75, 3.05) is 7.11 Å². The van der Waals surface area contributed by atoms with Gasteiger partial charge in [-0.15, -0.1) is 0 Å². The summed E-state index contributed by atoms with van der Waals surface area (Å²) in [5.41, 5.74) is -1.60. The minimum Gasteiger partial charge on any atom is -0.464 e. The molecule has 2 rings (SSSR count). The molecule has 3 nitrogen and oxygen atoms in total. The lowest BCUT2D eigenvalue weighted by Crippen LogP contribution is -2.08. The Morgan fingerprint density at radius 3 is 2.39 bits per heavy atom. The fraction of sp³-hybridized carbons (Fsp3) is 0.143. The third kappa shape index (κ3) is 3.56. The molecule has 1 heterocycles. The molecule has 1 aromatic carbocycles. The second kappa shape index (κ2) is 6.33. The molecule has 0 radical (unpaired) electrons. The Hall–Kier alpha value is -1.86. The van der Waals surface area contributed by atoms with Crippen LogP contribution in [0.4, 0.5) is 17.6 Å². The summed E-state index contributed by atoms with van der Waals surface area (Å²) in [6.45, 7) is 0. The van der Waals surface area contributed by atoms with E-state index in [1.807, 2.05) is 0 Å². The van der Waals surface area contributed by atoms with Gasteiger partial charge in [-0.25, -0.2) is 14.2 Å². The van der Waals surface area contributed by atoms with E-state index < -0.39 is 34.2 Å². The van der Waals surface area contributed by atoms with E-state index in [9.17, 15) is 22.4 Å². The lowest BCUT2D eigenvalue weighted by molar-refractivity contribution is -0.137. The van der Waals surface area contributed by atoms with Gasteiger partial charge < -0.3 is 4.74 Å². The van der Waals surface area contributed by atoms with Crippen molar-refractivity contribution in [3.05, 3.63) is 51.4 Å². The minimum absolute atomic E-state index is 0.0142. The van der Waals surface area contributed by atoms with Crippen molar-refractivity contribution in [2.24, 2.45) is 0 Å². The van der Waals surface area contributed by atoms with Crippen LogP contribution in [0.1, 0.15) is 16.1 Å². The molecular weight excluding hydrogens is 361 g/mol. The molecule has 23 heavy (non-hydrogen) atoms. The highest BCUT2D eigenvalue weighted by atomic mass is 35.5. The van der Waals surface area contributed by atoms with Gasteiger partial charge in [-0.3, -0.25) is 0 Å². The summed E-state index contributed by atoms with van der Waals surface area (Å²) in [6, 6.07) is 3.35. The molecule has 0 fully saturated rings. The summed E-state index contributed by atoms with van der Waals surface area (Å²) < 4.78 is 56.1. The Morgan fingerprint density at radius 1 is 1.22 bits per heavy atom. The summed E-state index contributed by atoms with van der Waals surface area (Å²) in [5, 5.41) is -0.853. The fourth-order valence-corrected chi connectivity index (χ4v) is 2.22. The smallest absolute Gasteiger partial charge is 0.416 e. The van der Waals surface area contributed by atoms with Crippen LogP contribution < -0.4 is 0 Å². The molecule has 0 aliphatic heterocycles. The molecule has 9 heteroatoms. The summed E-state index contributed by atoms with van der Waals surface area (Å²) in [7, 11) is 1.05. The molecule has 0 unspecified atom stereocenters. The van der Waals surface area contributed by atoms with Gasteiger partial charge in [-0.2, -0.15) is 13.2 Å². The van der Waals surface area contributed by atoms with E-state index in [0.717, 1.165) is 25.3 Å². The number of esters is 1. The van der Waals surface area contributed by atoms with Gasteiger partial charge in [0.2, 0.25) is 0 Å². The van der Waals surface area contributed by atoms with Gasteiger partial charge in [0.05, 0.1) is 23.4 Å². The molecule has 0 spiro atoms. The van der Waals surface area contributed by atoms with Gasteiger partial charge in [0, 0.05) is 11.6 Å². The van der Waals surface area contributed by atoms with Gasteiger partial charge in [0.25, 0.3) is 0 Å². The van der Waals surface area contributed by atoms with Crippen molar-refractivity contribution in [3.63, 3.8) is 0 Å². The number of halogens is 6. The molecule has 0 amide bonds. The average molecular weight is 368 g/mol. The van der Waals surface area contributed by atoms with Crippen LogP contribution in [0, 0.1) is 5.82 Å². The van der Waals surface area contributed by atoms with Gasteiger partial charge in [-0.1, -0.05) is 29.3 Å². The summed E-state index contributed by atoms with van der Waals surface area (Å²) in [4.78, 5) is 15.3. The Labute approximate surface area is 137 Å². The topological polar surface area (TPSA) is 39.2 Å². The molecule has 122 valence electrons. The van der Waals surface area contributed by atoms with E-state index in [-0.39, 0.29) is 16.3 Å². The monoisotopic (exact) mass is 367 g/mol. The first-order chi connectivity index (χ1) is 10.6. The number of aromatic nitrogens is 1. The first-order valence-corrected chi connectivity index (χ1v) is 6.72. The molecule has 0 N–H and O–H groups in total. The van der Waals surface area contributed by atoms with E-state index in [0.29, 0.717) is 6.07 Å². The number of ether oxygens (including phenoxy) is 1. The van der Waals surface area contributed by atoms with E-state index in [4.69, 9.17) is 23.2 Å². The lowest BCUT2D eigenvalue weighted by atomic mass is 10.1. The van der Waals surface area contributed by atoms with Crippen molar-refractivity contribution < 1.29 is 27.1 Å². The maximum absolute atomic E-state index is 13.8. The minimum atomic E-state index is -4.57. The zero-order valence-corrected chi connectivity index (χ0v) is 12.9. The zero-order valence-electron chi connectivity index (χ0n) is 11.3. The maximum atomic E-state index is 13.8. The van der Waals surface area contributed by atoms with Crippen LogP contribution in [0.15, 0.2) is 24.3 Å². The highest BCUT2D eigenvalue weighted by Crippen LogP contribution is 2.36. The number of carbonyl (C=O) groups excluding carboxylic acids is 1. The average Bonchev–Trinajstić information content (AvgIpc) is 2.48. The number of alkyl halides is 3. The van der Waals surface area contributed by atoms with Crippen LogP contribution in [0.3, 0.4) is 0 Å². The predicted octanol–water partition coefficient (Wildman–Crippen LogP) is 5.00. The van der Waals surface area contributed by atoms with Gasteiger partial charge in [0.1, 0.15) is 10.8 Å². The highest BCUT2D eigenvalue weighted by molar-refractivity contribution is 6.34. The quantitative estimate of drug-likeness (QED) is 0.553. The van der Waals surface area contributed by atoms with E-state index in [1.165, 1.54) is 0 Å². The Balaban J connectivity index is 2.59. The molecular formula is C14H7Cl2F4NO2. The number of nitrogens with zero attached hydrogens (tertiary/aromatic N) is 1. The summed E-state index contributed by atoms with van der Waals surface area (Å²) >= 11 is 11.4. The second-order valence-corrected chi connectivity index (χ2v) is 5.12. The molecule has 0 atom stereocenters. The summed E-state index contributed by atoms with van der Waals surface area (Å²) in [6.07, 6.45) is -4.57. The molecule has 0 aliphatic rings. The largest absolute Gasteiger partial charge is 0.464 e. The van der Waals surface area contributed by atoms with Crippen molar-refractivity contribution >= 4 is 29.2 Å². The zero-order chi connectivity index (χ0) is 17.4. The van der Waals surface area contributed by atoms with Gasteiger partial charge in [-0.05, 0) is 12.1 Å². The molecule has 0 bridgehead atoms. The third-order valence-corrected chi connectivity index (χ3v) is 3.54. The number of methoxy groups -OCH3 is 1.